The summed E-state index contributed by atoms with van der Waals surface area (Å²) in [6.45, 7) is 11.1. The van der Waals surface area contributed by atoms with Crippen molar-refractivity contribution in [1.82, 2.24) is 20.5 Å². The van der Waals surface area contributed by atoms with Gasteiger partial charge in [-0.05, 0) is 75.4 Å². The molecule has 4 heterocycles. The number of nitrogens with zero attached hydrogens (tertiary/aromatic N) is 4. The molecule has 0 aliphatic carbocycles. The van der Waals surface area contributed by atoms with Crippen molar-refractivity contribution in [1.29, 1.82) is 0 Å². The highest BCUT2D eigenvalue weighted by atomic mass is 127. The molecule has 2 fully saturated rings. The summed E-state index contributed by atoms with van der Waals surface area (Å²) in [6, 6.07) is 8.57. The van der Waals surface area contributed by atoms with Gasteiger partial charge in [0.2, 0.25) is 0 Å². The van der Waals surface area contributed by atoms with Crippen LogP contribution in [0.2, 0.25) is 0 Å². The Hall–Kier alpha value is -1.81. The highest BCUT2D eigenvalue weighted by Crippen LogP contribution is 2.25. The Kier molecular flexibility index (Phi) is 10.3. The van der Waals surface area contributed by atoms with Gasteiger partial charge in [-0.25, -0.2) is 9.98 Å². The van der Waals surface area contributed by atoms with Gasteiger partial charge in [0.25, 0.3) is 0 Å². The van der Waals surface area contributed by atoms with Crippen molar-refractivity contribution in [3.05, 3.63) is 48.0 Å². The number of aromatic nitrogens is 1. The minimum atomic E-state index is 0. The summed E-state index contributed by atoms with van der Waals surface area (Å²) in [7, 11) is 0. The molecule has 2 N–H and O–H groups in total. The van der Waals surface area contributed by atoms with Gasteiger partial charge in [-0.1, -0.05) is 13.0 Å². The Labute approximate surface area is 215 Å². The summed E-state index contributed by atoms with van der Waals surface area (Å²) in [5.41, 5.74) is 1.12. The van der Waals surface area contributed by atoms with Crippen LogP contribution in [0, 0.1) is 5.92 Å². The first-order valence-corrected chi connectivity index (χ1v) is 12.2. The second kappa shape index (κ2) is 13.2. The van der Waals surface area contributed by atoms with E-state index in [0.29, 0.717) is 6.54 Å². The van der Waals surface area contributed by atoms with E-state index in [1.165, 1.54) is 25.7 Å². The van der Waals surface area contributed by atoms with Gasteiger partial charge in [-0.15, -0.1) is 24.0 Å². The third kappa shape index (κ3) is 7.34. The third-order valence-corrected chi connectivity index (χ3v) is 6.60. The van der Waals surface area contributed by atoms with Gasteiger partial charge in [0.15, 0.2) is 5.96 Å². The number of piperidine rings is 1. The summed E-state index contributed by atoms with van der Waals surface area (Å²) >= 11 is 0. The number of hydrogen-bond donors (Lipinski definition) is 2. The molecule has 2 aromatic rings. The molecule has 2 aliphatic rings. The van der Waals surface area contributed by atoms with Crippen molar-refractivity contribution in [2.24, 2.45) is 10.9 Å². The Bertz CT molecular complexity index is 827. The Morgan fingerprint density at radius 2 is 1.94 bits per heavy atom. The van der Waals surface area contributed by atoms with Crippen LogP contribution in [0.5, 0.6) is 0 Å². The lowest BCUT2D eigenvalue weighted by molar-refractivity contribution is 0.215. The second-order valence-corrected chi connectivity index (χ2v) is 9.04. The predicted molar refractivity (Wildman–Crippen MR) is 145 cm³/mol. The smallest absolute Gasteiger partial charge is 0.191 e. The first-order valence-electron chi connectivity index (χ1n) is 12.2. The maximum atomic E-state index is 5.74. The maximum absolute atomic E-state index is 5.74. The highest BCUT2D eigenvalue weighted by molar-refractivity contribution is 14.0. The van der Waals surface area contributed by atoms with Gasteiger partial charge in [0.05, 0.1) is 18.8 Å². The number of guanidine groups is 1. The van der Waals surface area contributed by atoms with Crippen molar-refractivity contribution < 1.29 is 4.42 Å². The summed E-state index contributed by atoms with van der Waals surface area (Å²) < 4.78 is 5.74. The Balaban J connectivity index is 0.00000306. The molecular formula is C25H39IN6O. The normalized spacial score (nSPS) is 18.7. The van der Waals surface area contributed by atoms with E-state index < -0.39 is 0 Å². The van der Waals surface area contributed by atoms with E-state index in [0.717, 1.165) is 68.3 Å². The van der Waals surface area contributed by atoms with Crippen LogP contribution >= 0.6 is 24.0 Å². The van der Waals surface area contributed by atoms with Crippen LogP contribution in [0.15, 0.2) is 46.1 Å². The number of pyridine rings is 1. The zero-order valence-electron chi connectivity index (χ0n) is 20.0. The molecule has 2 aliphatic heterocycles. The van der Waals surface area contributed by atoms with Gasteiger partial charge < -0.3 is 20.0 Å². The SMILES string of the molecule is CCNC(=NCc1ccc(N2CCC(C)CC2)nc1)NCC(c1ccco1)N1CCCC1.I. The molecule has 1 atom stereocenters. The lowest BCUT2D eigenvalue weighted by Crippen LogP contribution is -2.42. The third-order valence-electron chi connectivity index (χ3n) is 6.60. The van der Waals surface area contributed by atoms with E-state index in [1.54, 1.807) is 6.26 Å². The number of rotatable bonds is 8. The van der Waals surface area contributed by atoms with E-state index in [1.807, 2.05) is 12.3 Å². The molecule has 0 saturated carbocycles. The molecule has 0 bridgehead atoms. The summed E-state index contributed by atoms with van der Waals surface area (Å²) in [4.78, 5) is 14.4. The number of furan rings is 1. The number of aliphatic imine (C=N–C) groups is 1. The van der Waals surface area contributed by atoms with Gasteiger partial charge >= 0.3 is 0 Å². The summed E-state index contributed by atoms with van der Waals surface area (Å²) in [5.74, 6) is 3.76. The Morgan fingerprint density at radius 3 is 2.58 bits per heavy atom. The molecule has 1 unspecified atom stereocenters. The van der Waals surface area contributed by atoms with Crippen molar-refractivity contribution in [3.63, 3.8) is 0 Å². The van der Waals surface area contributed by atoms with E-state index in [9.17, 15) is 0 Å². The average Bonchev–Trinajstić information content (AvgIpc) is 3.54. The molecular weight excluding hydrogens is 527 g/mol. The first kappa shape index (κ1) is 25.8. The van der Waals surface area contributed by atoms with Crippen molar-refractivity contribution in [3.8, 4) is 0 Å². The molecule has 0 radical (unpaired) electrons. The summed E-state index contributed by atoms with van der Waals surface area (Å²) in [6.07, 6.45) is 8.74. The van der Waals surface area contributed by atoms with E-state index >= 15 is 0 Å². The molecule has 0 aromatic carbocycles. The monoisotopic (exact) mass is 566 g/mol. The fraction of sp³-hybridized carbons (Fsp3) is 0.600. The fourth-order valence-electron chi connectivity index (χ4n) is 4.58. The number of hydrogen-bond acceptors (Lipinski definition) is 5. The quantitative estimate of drug-likeness (QED) is 0.280. The highest BCUT2D eigenvalue weighted by Gasteiger charge is 2.25. The van der Waals surface area contributed by atoms with Gasteiger partial charge in [0.1, 0.15) is 11.6 Å². The molecule has 0 amide bonds. The van der Waals surface area contributed by atoms with Crippen LogP contribution in [0.3, 0.4) is 0 Å². The zero-order valence-corrected chi connectivity index (χ0v) is 22.3. The molecule has 182 valence electrons. The topological polar surface area (TPSA) is 68.9 Å². The number of anilines is 1. The lowest BCUT2D eigenvalue weighted by atomic mass is 9.99. The first-order chi connectivity index (χ1) is 15.7. The van der Waals surface area contributed by atoms with E-state index in [2.05, 4.69) is 52.5 Å². The van der Waals surface area contributed by atoms with Gasteiger partial charge in [-0.3, -0.25) is 4.90 Å². The van der Waals surface area contributed by atoms with Crippen molar-refractivity contribution in [2.45, 2.75) is 52.1 Å². The van der Waals surface area contributed by atoms with Crippen molar-refractivity contribution in [2.75, 3.05) is 44.2 Å². The van der Waals surface area contributed by atoms with Crippen LogP contribution in [-0.4, -0.2) is 55.1 Å². The average molecular weight is 567 g/mol. The number of halogens is 1. The predicted octanol–water partition coefficient (Wildman–Crippen LogP) is 4.42. The lowest BCUT2D eigenvalue weighted by Gasteiger charge is -2.31. The zero-order chi connectivity index (χ0) is 22.2. The standard InChI is InChI=1S/C25H38N6O.HI/c1-3-26-25(29-19-22(23-7-6-16-32-23)30-12-4-5-13-30)28-18-21-8-9-24(27-17-21)31-14-10-20(2)11-15-31;/h6-9,16-17,20,22H,3-5,10-15,18-19H2,1-2H3,(H2,26,28,29);1H. The number of nitrogens with one attached hydrogen (secondary N) is 2. The molecule has 2 saturated heterocycles. The van der Waals surface area contributed by atoms with Gasteiger partial charge in [-0.2, -0.15) is 0 Å². The van der Waals surface area contributed by atoms with Crippen LogP contribution in [-0.2, 0) is 6.54 Å². The van der Waals surface area contributed by atoms with E-state index in [-0.39, 0.29) is 30.0 Å². The molecule has 2 aromatic heterocycles. The Morgan fingerprint density at radius 1 is 1.15 bits per heavy atom. The van der Waals surface area contributed by atoms with Gasteiger partial charge in [0, 0.05) is 32.4 Å². The van der Waals surface area contributed by atoms with E-state index in [4.69, 9.17) is 14.4 Å². The molecule has 7 nitrogen and oxygen atoms in total. The summed E-state index contributed by atoms with van der Waals surface area (Å²) in [5, 5.41) is 6.90. The second-order valence-electron chi connectivity index (χ2n) is 9.04. The largest absolute Gasteiger partial charge is 0.468 e. The molecule has 4 rings (SSSR count). The van der Waals surface area contributed by atoms with Crippen molar-refractivity contribution >= 4 is 35.8 Å². The van der Waals surface area contributed by atoms with Crippen LogP contribution in [0.4, 0.5) is 5.82 Å². The maximum Gasteiger partial charge on any atom is 0.191 e. The number of likely N-dealkylation sites (tertiary alicyclic amines) is 1. The molecule has 0 spiro atoms. The molecule has 33 heavy (non-hydrogen) atoms. The molecule has 8 heteroatoms. The minimum Gasteiger partial charge on any atom is -0.468 e. The van der Waals surface area contributed by atoms with Crippen LogP contribution in [0.1, 0.15) is 56.9 Å². The van der Waals surface area contributed by atoms with Crippen LogP contribution in [0.25, 0.3) is 0 Å². The van der Waals surface area contributed by atoms with Crippen LogP contribution < -0.4 is 15.5 Å². The fourth-order valence-corrected chi connectivity index (χ4v) is 4.58. The minimum absolute atomic E-state index is 0.